The van der Waals surface area contributed by atoms with E-state index in [0.717, 1.165) is 23.4 Å². The Morgan fingerprint density at radius 3 is 2.73 bits per heavy atom. The first kappa shape index (κ1) is 10.2. The Morgan fingerprint density at radius 1 is 1.33 bits per heavy atom. The topological polar surface area (TPSA) is 38.1 Å². The molecule has 0 spiro atoms. The molecule has 3 heteroatoms. The smallest absolute Gasteiger partial charge is 0.138 e. The zero-order valence-electron chi connectivity index (χ0n) is 9.14. The highest BCUT2D eigenvalue weighted by Crippen LogP contribution is 2.22. The monoisotopic (exact) mass is 204 g/mol. The Morgan fingerprint density at radius 2 is 2.07 bits per heavy atom. The van der Waals surface area contributed by atoms with Crippen LogP contribution in [0.3, 0.4) is 0 Å². The number of nitrogens with zero attached hydrogens (tertiary/aromatic N) is 2. The highest BCUT2D eigenvalue weighted by molar-refractivity contribution is 5.75. The number of hydrogen-bond donors (Lipinski definition) is 1. The first-order chi connectivity index (χ1) is 7.27. The van der Waals surface area contributed by atoms with Crippen molar-refractivity contribution in [3.63, 3.8) is 0 Å². The van der Waals surface area contributed by atoms with Crippen LogP contribution in [0.15, 0.2) is 24.3 Å². The minimum absolute atomic E-state index is 0.461. The van der Waals surface area contributed by atoms with Crippen LogP contribution in [0.25, 0.3) is 11.0 Å². The lowest BCUT2D eigenvalue weighted by Crippen LogP contribution is -2.06. The molecule has 0 unspecified atom stereocenters. The van der Waals surface area contributed by atoms with Crippen molar-refractivity contribution in [2.45, 2.75) is 32.9 Å². The molecule has 15 heavy (non-hydrogen) atoms. The number of aryl methyl sites for hydroxylation is 1. The zero-order valence-corrected chi connectivity index (χ0v) is 9.14. The maximum absolute atomic E-state index is 9.86. The van der Waals surface area contributed by atoms with Crippen molar-refractivity contribution in [1.82, 2.24) is 9.55 Å². The lowest BCUT2D eigenvalue weighted by Gasteiger charge is -2.09. The fourth-order valence-corrected chi connectivity index (χ4v) is 1.86. The molecule has 1 atom stereocenters. The van der Waals surface area contributed by atoms with Gasteiger partial charge in [-0.15, -0.1) is 0 Å². The van der Waals surface area contributed by atoms with E-state index in [4.69, 9.17) is 0 Å². The Kier molecular flexibility index (Phi) is 2.73. The normalized spacial score (nSPS) is 13.3. The van der Waals surface area contributed by atoms with Gasteiger partial charge in [0.2, 0.25) is 0 Å². The third-order valence-electron chi connectivity index (χ3n) is 2.69. The van der Waals surface area contributed by atoms with E-state index in [1.165, 1.54) is 0 Å². The SMILES string of the molecule is CC[C@@H](O)c1nc2ccccc2n1CC. The highest BCUT2D eigenvalue weighted by atomic mass is 16.3. The van der Waals surface area contributed by atoms with Gasteiger partial charge in [-0.25, -0.2) is 4.98 Å². The minimum Gasteiger partial charge on any atom is -0.385 e. The number of fused-ring (bicyclic) bond motifs is 1. The van der Waals surface area contributed by atoms with Gasteiger partial charge in [-0.1, -0.05) is 19.1 Å². The molecule has 3 nitrogen and oxygen atoms in total. The van der Waals surface area contributed by atoms with Gasteiger partial charge in [-0.05, 0) is 25.5 Å². The summed E-state index contributed by atoms with van der Waals surface area (Å²) in [6, 6.07) is 7.99. The molecule has 0 fully saturated rings. The molecule has 0 saturated carbocycles. The van der Waals surface area contributed by atoms with Gasteiger partial charge in [0, 0.05) is 6.54 Å². The summed E-state index contributed by atoms with van der Waals surface area (Å²) in [5, 5.41) is 9.86. The largest absolute Gasteiger partial charge is 0.385 e. The molecule has 80 valence electrons. The molecule has 1 aromatic carbocycles. The highest BCUT2D eigenvalue weighted by Gasteiger charge is 2.14. The Bertz CT molecular complexity index is 462. The molecule has 1 N–H and O–H groups in total. The number of imidazole rings is 1. The molecule has 0 aliphatic rings. The third-order valence-corrected chi connectivity index (χ3v) is 2.69. The van der Waals surface area contributed by atoms with Crippen LogP contribution >= 0.6 is 0 Å². The second-order valence-electron chi connectivity index (χ2n) is 3.63. The number of hydrogen-bond acceptors (Lipinski definition) is 2. The van der Waals surface area contributed by atoms with Gasteiger partial charge in [-0.2, -0.15) is 0 Å². The predicted molar refractivity (Wildman–Crippen MR) is 60.7 cm³/mol. The van der Waals surface area contributed by atoms with Crippen LogP contribution in [0.2, 0.25) is 0 Å². The van der Waals surface area contributed by atoms with Crippen molar-refractivity contribution in [2.75, 3.05) is 0 Å². The van der Waals surface area contributed by atoms with Crippen molar-refractivity contribution >= 4 is 11.0 Å². The summed E-state index contributed by atoms with van der Waals surface area (Å²) in [7, 11) is 0. The molecule has 2 rings (SSSR count). The average Bonchev–Trinajstić information content (AvgIpc) is 2.66. The second-order valence-corrected chi connectivity index (χ2v) is 3.63. The zero-order chi connectivity index (χ0) is 10.8. The van der Waals surface area contributed by atoms with Crippen LogP contribution in [0.1, 0.15) is 32.2 Å². The molecule has 1 aromatic heterocycles. The Balaban J connectivity index is 2.63. The summed E-state index contributed by atoms with van der Waals surface area (Å²) in [4.78, 5) is 4.47. The summed E-state index contributed by atoms with van der Waals surface area (Å²) >= 11 is 0. The second kappa shape index (κ2) is 4.03. The average molecular weight is 204 g/mol. The van der Waals surface area contributed by atoms with Crippen molar-refractivity contribution in [3.05, 3.63) is 30.1 Å². The van der Waals surface area contributed by atoms with Crippen molar-refractivity contribution in [3.8, 4) is 0 Å². The van der Waals surface area contributed by atoms with E-state index < -0.39 is 6.10 Å². The third kappa shape index (κ3) is 1.63. The number of para-hydroxylation sites is 2. The van der Waals surface area contributed by atoms with Crippen LogP contribution in [0.4, 0.5) is 0 Å². The number of aromatic nitrogens is 2. The van der Waals surface area contributed by atoms with Crippen LogP contribution < -0.4 is 0 Å². The van der Waals surface area contributed by atoms with E-state index in [0.29, 0.717) is 6.42 Å². The van der Waals surface area contributed by atoms with Gasteiger partial charge < -0.3 is 9.67 Å². The number of rotatable bonds is 3. The van der Waals surface area contributed by atoms with E-state index in [2.05, 4.69) is 16.5 Å². The quantitative estimate of drug-likeness (QED) is 0.834. The molecule has 0 radical (unpaired) electrons. The first-order valence-corrected chi connectivity index (χ1v) is 5.41. The number of aliphatic hydroxyl groups is 1. The van der Waals surface area contributed by atoms with Gasteiger partial charge in [-0.3, -0.25) is 0 Å². The fraction of sp³-hybridized carbons (Fsp3) is 0.417. The molecule has 0 aliphatic heterocycles. The van der Waals surface area contributed by atoms with E-state index in [1.54, 1.807) is 0 Å². The van der Waals surface area contributed by atoms with Gasteiger partial charge >= 0.3 is 0 Å². The van der Waals surface area contributed by atoms with E-state index in [1.807, 2.05) is 31.2 Å². The number of benzene rings is 1. The Hall–Kier alpha value is -1.35. The van der Waals surface area contributed by atoms with Gasteiger partial charge in [0.05, 0.1) is 11.0 Å². The van der Waals surface area contributed by atoms with Gasteiger partial charge in [0.25, 0.3) is 0 Å². The van der Waals surface area contributed by atoms with Crippen LogP contribution in [-0.2, 0) is 6.54 Å². The minimum atomic E-state index is -0.461. The molecule has 0 bridgehead atoms. The van der Waals surface area contributed by atoms with E-state index in [9.17, 15) is 5.11 Å². The fourth-order valence-electron chi connectivity index (χ4n) is 1.86. The first-order valence-electron chi connectivity index (χ1n) is 5.41. The summed E-state index contributed by atoms with van der Waals surface area (Å²) in [5.41, 5.74) is 2.06. The summed E-state index contributed by atoms with van der Waals surface area (Å²) in [5.74, 6) is 0.779. The summed E-state index contributed by atoms with van der Waals surface area (Å²) < 4.78 is 2.07. The van der Waals surface area contributed by atoms with Crippen LogP contribution in [0.5, 0.6) is 0 Å². The molecule has 0 saturated heterocycles. The number of aliphatic hydroxyl groups excluding tert-OH is 1. The molecular weight excluding hydrogens is 188 g/mol. The van der Waals surface area contributed by atoms with Crippen LogP contribution in [0, 0.1) is 0 Å². The van der Waals surface area contributed by atoms with Crippen molar-refractivity contribution in [2.24, 2.45) is 0 Å². The molecule has 1 heterocycles. The maximum Gasteiger partial charge on any atom is 0.138 e. The summed E-state index contributed by atoms with van der Waals surface area (Å²) in [6.07, 6.45) is 0.237. The van der Waals surface area contributed by atoms with Crippen molar-refractivity contribution < 1.29 is 5.11 Å². The lowest BCUT2D eigenvalue weighted by molar-refractivity contribution is 0.160. The standard InChI is InChI=1S/C12H16N2O/c1-3-11(15)12-13-9-7-5-6-8-10(9)14(12)4-2/h5-8,11,15H,3-4H2,1-2H3/t11-/m1/s1. The molecule has 2 aromatic rings. The van der Waals surface area contributed by atoms with Crippen LogP contribution in [-0.4, -0.2) is 14.7 Å². The molecule has 0 amide bonds. The Labute approximate surface area is 89.4 Å². The van der Waals surface area contributed by atoms with Gasteiger partial charge in [0.1, 0.15) is 11.9 Å². The predicted octanol–water partition coefficient (Wildman–Crippen LogP) is 2.50. The van der Waals surface area contributed by atoms with Gasteiger partial charge in [0.15, 0.2) is 0 Å². The summed E-state index contributed by atoms with van der Waals surface area (Å²) in [6.45, 7) is 4.87. The van der Waals surface area contributed by atoms with E-state index in [-0.39, 0.29) is 0 Å². The molecular formula is C12H16N2O. The van der Waals surface area contributed by atoms with Crippen molar-refractivity contribution in [1.29, 1.82) is 0 Å². The maximum atomic E-state index is 9.86. The molecule has 0 aliphatic carbocycles. The lowest BCUT2D eigenvalue weighted by atomic mass is 10.2. The van der Waals surface area contributed by atoms with E-state index >= 15 is 0 Å².